The monoisotopic (exact) mass is 820 g/mol. The molecule has 3 unspecified atom stereocenters. The topological polar surface area (TPSA) is 95.9 Å². The Kier molecular flexibility index (Phi) is 45.5. The molecule has 0 spiro atoms. The summed E-state index contributed by atoms with van der Waals surface area (Å²) >= 11 is 0. The van der Waals surface area contributed by atoms with Crippen LogP contribution in [0.25, 0.3) is 0 Å². The van der Waals surface area contributed by atoms with Gasteiger partial charge in [0.2, 0.25) is 5.91 Å². The minimum absolute atomic E-state index is 0.0782. The van der Waals surface area contributed by atoms with Crippen molar-refractivity contribution in [1.29, 1.82) is 0 Å². The summed E-state index contributed by atoms with van der Waals surface area (Å²) in [5.41, 5.74) is 0. The van der Waals surface area contributed by atoms with Gasteiger partial charge in [-0.05, 0) is 51.4 Å². The summed E-state index contributed by atoms with van der Waals surface area (Å²) in [6, 6.07) is -0.697. The molecule has 0 aromatic heterocycles. The normalized spacial score (nSPS) is 13.3. The van der Waals surface area contributed by atoms with Crippen molar-refractivity contribution in [1.82, 2.24) is 5.32 Å². The maximum atomic E-state index is 13.2. The van der Waals surface area contributed by atoms with E-state index >= 15 is 0 Å². The number of amides is 1. The van der Waals surface area contributed by atoms with Gasteiger partial charge in [0.05, 0.1) is 25.2 Å². The van der Waals surface area contributed by atoms with E-state index in [-0.39, 0.29) is 24.9 Å². The Bertz CT molecular complexity index is 878. The zero-order valence-electron chi connectivity index (χ0n) is 39.2. The molecule has 0 bridgehead atoms. The quantitative estimate of drug-likeness (QED) is 0.0323. The Hall–Kier alpha value is -1.40. The predicted octanol–water partition coefficient (Wildman–Crippen LogP) is 15.3. The van der Waals surface area contributed by atoms with Crippen LogP contribution in [0.15, 0.2) is 12.2 Å². The molecule has 344 valence electrons. The molecular formula is C52H101NO5. The van der Waals surface area contributed by atoms with Gasteiger partial charge in [0.1, 0.15) is 6.10 Å². The molecule has 0 radical (unpaired) electrons. The zero-order chi connectivity index (χ0) is 42.4. The van der Waals surface area contributed by atoms with E-state index in [0.717, 1.165) is 51.4 Å². The number of unbranched alkanes of at least 4 members (excludes halogenated alkanes) is 33. The average molecular weight is 820 g/mol. The Balaban J connectivity index is 4.45. The second kappa shape index (κ2) is 46.7. The van der Waals surface area contributed by atoms with Crippen LogP contribution in [-0.2, 0) is 14.3 Å². The standard InChI is InChI=1S/C52H101NO5/c1-4-7-10-13-16-19-22-24-25-26-28-29-32-35-38-41-44-50(55)49(47-54)53-51(56)46-48(43-40-37-34-31-21-18-15-12-9-6-3)58-52(57)45-42-39-36-33-30-27-23-20-17-14-11-8-5-2/h27,30,48-50,54-55H,4-26,28-29,31-47H2,1-3H3,(H,53,56)/b30-27-. The molecule has 0 aliphatic heterocycles. The first-order valence-electron chi connectivity index (χ1n) is 25.9. The number of carbonyl (C=O) groups is 2. The smallest absolute Gasteiger partial charge is 0.306 e. The van der Waals surface area contributed by atoms with Crippen molar-refractivity contribution in [2.75, 3.05) is 6.61 Å². The van der Waals surface area contributed by atoms with Crippen LogP contribution in [-0.4, -0.2) is 46.9 Å². The summed E-state index contributed by atoms with van der Waals surface area (Å²) in [4.78, 5) is 26.1. The molecule has 3 atom stereocenters. The lowest BCUT2D eigenvalue weighted by Gasteiger charge is -2.24. The number of esters is 1. The minimum Gasteiger partial charge on any atom is -0.462 e. The van der Waals surface area contributed by atoms with Crippen molar-refractivity contribution in [3.05, 3.63) is 12.2 Å². The molecule has 0 aromatic rings. The molecule has 58 heavy (non-hydrogen) atoms. The van der Waals surface area contributed by atoms with E-state index in [2.05, 4.69) is 38.2 Å². The van der Waals surface area contributed by atoms with Gasteiger partial charge in [0, 0.05) is 6.42 Å². The van der Waals surface area contributed by atoms with Gasteiger partial charge in [0.25, 0.3) is 0 Å². The van der Waals surface area contributed by atoms with Gasteiger partial charge in [-0.1, -0.05) is 232 Å². The van der Waals surface area contributed by atoms with Crippen LogP contribution in [0.3, 0.4) is 0 Å². The van der Waals surface area contributed by atoms with Crippen LogP contribution in [0.2, 0.25) is 0 Å². The van der Waals surface area contributed by atoms with Gasteiger partial charge < -0.3 is 20.3 Å². The third-order valence-electron chi connectivity index (χ3n) is 12.1. The molecule has 0 aromatic carbocycles. The fraction of sp³-hybridized carbons (Fsp3) is 0.923. The van der Waals surface area contributed by atoms with Crippen molar-refractivity contribution in [2.24, 2.45) is 0 Å². The number of carbonyl (C=O) groups excluding carboxylic acids is 2. The van der Waals surface area contributed by atoms with Gasteiger partial charge >= 0.3 is 5.97 Å². The third kappa shape index (κ3) is 41.3. The van der Waals surface area contributed by atoms with Crippen LogP contribution in [0, 0.1) is 0 Å². The minimum atomic E-state index is -0.783. The Morgan fingerprint density at radius 1 is 0.483 bits per heavy atom. The van der Waals surface area contributed by atoms with Crippen LogP contribution < -0.4 is 5.32 Å². The van der Waals surface area contributed by atoms with Gasteiger partial charge in [-0.25, -0.2) is 0 Å². The molecular weight excluding hydrogens is 719 g/mol. The number of rotatable bonds is 47. The summed E-state index contributed by atoms with van der Waals surface area (Å²) in [6.45, 7) is 6.49. The van der Waals surface area contributed by atoms with Crippen molar-refractivity contribution >= 4 is 11.9 Å². The van der Waals surface area contributed by atoms with Crippen LogP contribution >= 0.6 is 0 Å². The number of nitrogens with one attached hydrogen (secondary N) is 1. The van der Waals surface area contributed by atoms with E-state index in [4.69, 9.17) is 4.74 Å². The zero-order valence-corrected chi connectivity index (χ0v) is 39.2. The fourth-order valence-electron chi connectivity index (χ4n) is 8.13. The molecule has 0 rings (SSSR count). The molecule has 0 fully saturated rings. The van der Waals surface area contributed by atoms with Crippen LogP contribution in [0.5, 0.6) is 0 Å². The molecule has 0 heterocycles. The lowest BCUT2D eigenvalue weighted by molar-refractivity contribution is -0.151. The fourth-order valence-corrected chi connectivity index (χ4v) is 8.13. The Morgan fingerprint density at radius 2 is 0.828 bits per heavy atom. The molecule has 6 heteroatoms. The second-order valence-corrected chi connectivity index (χ2v) is 17.9. The second-order valence-electron chi connectivity index (χ2n) is 17.9. The molecule has 0 saturated carbocycles. The molecule has 3 N–H and O–H groups in total. The van der Waals surface area contributed by atoms with Crippen molar-refractivity contribution in [3.8, 4) is 0 Å². The molecule has 1 amide bonds. The predicted molar refractivity (Wildman–Crippen MR) is 250 cm³/mol. The van der Waals surface area contributed by atoms with E-state index in [0.29, 0.717) is 19.3 Å². The number of hydrogen-bond donors (Lipinski definition) is 3. The third-order valence-corrected chi connectivity index (χ3v) is 12.1. The van der Waals surface area contributed by atoms with E-state index in [1.54, 1.807) is 0 Å². The first kappa shape index (κ1) is 56.6. The summed E-state index contributed by atoms with van der Waals surface area (Å²) in [6.07, 6.45) is 51.3. The van der Waals surface area contributed by atoms with E-state index in [1.165, 1.54) is 186 Å². The average Bonchev–Trinajstić information content (AvgIpc) is 3.22. The highest BCUT2D eigenvalue weighted by atomic mass is 16.5. The summed E-state index contributed by atoms with van der Waals surface area (Å²) < 4.78 is 5.91. The van der Waals surface area contributed by atoms with E-state index < -0.39 is 18.2 Å². The number of aliphatic hydroxyl groups excluding tert-OH is 2. The molecule has 6 nitrogen and oxygen atoms in total. The van der Waals surface area contributed by atoms with Crippen molar-refractivity contribution in [3.63, 3.8) is 0 Å². The highest BCUT2D eigenvalue weighted by Gasteiger charge is 2.24. The SMILES string of the molecule is CCCCCCCC/C=C\CCCCCC(=O)OC(CCCCCCCCCCCC)CC(=O)NC(CO)C(O)CCCCCCCCCCCCCCCCCC. The van der Waals surface area contributed by atoms with Crippen LogP contribution in [0.1, 0.15) is 284 Å². The number of aliphatic hydroxyl groups is 2. The Morgan fingerprint density at radius 3 is 1.22 bits per heavy atom. The first-order chi connectivity index (χ1) is 28.5. The van der Waals surface area contributed by atoms with E-state index in [9.17, 15) is 19.8 Å². The van der Waals surface area contributed by atoms with Crippen molar-refractivity contribution in [2.45, 2.75) is 302 Å². The lowest BCUT2D eigenvalue weighted by atomic mass is 10.0. The van der Waals surface area contributed by atoms with Gasteiger partial charge in [-0.2, -0.15) is 0 Å². The molecule has 0 aliphatic carbocycles. The number of ether oxygens (including phenoxy) is 1. The van der Waals surface area contributed by atoms with Crippen molar-refractivity contribution < 1.29 is 24.5 Å². The first-order valence-corrected chi connectivity index (χ1v) is 25.9. The maximum absolute atomic E-state index is 13.2. The van der Waals surface area contributed by atoms with Gasteiger partial charge in [-0.3, -0.25) is 9.59 Å². The highest BCUT2D eigenvalue weighted by Crippen LogP contribution is 2.18. The number of allylic oxidation sites excluding steroid dienone is 2. The van der Waals surface area contributed by atoms with Gasteiger partial charge in [-0.15, -0.1) is 0 Å². The largest absolute Gasteiger partial charge is 0.462 e. The summed E-state index contributed by atoms with van der Waals surface area (Å²) in [5, 5.41) is 23.8. The Labute approximate surface area is 361 Å². The van der Waals surface area contributed by atoms with Crippen LogP contribution in [0.4, 0.5) is 0 Å². The highest BCUT2D eigenvalue weighted by molar-refractivity contribution is 5.77. The van der Waals surface area contributed by atoms with E-state index in [1.807, 2.05) is 0 Å². The molecule has 0 saturated heterocycles. The maximum Gasteiger partial charge on any atom is 0.306 e. The summed E-state index contributed by atoms with van der Waals surface area (Å²) in [5.74, 6) is -0.478. The number of hydrogen-bond acceptors (Lipinski definition) is 5. The molecule has 0 aliphatic rings. The lowest BCUT2D eigenvalue weighted by Crippen LogP contribution is -2.46. The summed E-state index contributed by atoms with van der Waals surface area (Å²) in [7, 11) is 0. The van der Waals surface area contributed by atoms with Gasteiger partial charge in [0.15, 0.2) is 0 Å².